The molecule has 1 fully saturated rings. The van der Waals surface area contributed by atoms with Crippen LogP contribution in [0, 0.1) is 5.92 Å². The second kappa shape index (κ2) is 12.0. The molecular formula is C29H34N4O4S. The minimum absolute atomic E-state index is 0.00916. The number of aliphatic carboxylic acids is 1. The first-order chi connectivity index (χ1) is 18.5. The van der Waals surface area contributed by atoms with Gasteiger partial charge in [0.15, 0.2) is 5.78 Å². The summed E-state index contributed by atoms with van der Waals surface area (Å²) in [4.78, 5) is 47.1. The van der Waals surface area contributed by atoms with Gasteiger partial charge in [-0.15, -0.1) is 11.3 Å². The lowest BCUT2D eigenvalue weighted by Crippen LogP contribution is -2.14. The monoisotopic (exact) mass is 534 g/mol. The van der Waals surface area contributed by atoms with Crippen LogP contribution >= 0.6 is 11.3 Å². The highest BCUT2D eigenvalue weighted by Gasteiger charge is 2.23. The summed E-state index contributed by atoms with van der Waals surface area (Å²) < 4.78 is 2.10. The largest absolute Gasteiger partial charge is 0.481 e. The van der Waals surface area contributed by atoms with E-state index in [9.17, 15) is 19.5 Å². The minimum atomic E-state index is -0.808. The van der Waals surface area contributed by atoms with Crippen LogP contribution in [0.25, 0.3) is 10.6 Å². The molecule has 9 heteroatoms. The fraction of sp³-hybridized carbons (Fsp3) is 0.483. The molecular weight excluding hydrogens is 500 g/mol. The third-order valence-electron chi connectivity index (χ3n) is 7.72. The van der Waals surface area contributed by atoms with Crippen LogP contribution in [0.1, 0.15) is 103 Å². The summed E-state index contributed by atoms with van der Waals surface area (Å²) in [6, 6.07) is 4.21. The van der Waals surface area contributed by atoms with E-state index in [1.54, 1.807) is 11.6 Å². The van der Waals surface area contributed by atoms with Gasteiger partial charge in [-0.1, -0.05) is 19.3 Å². The number of aromatic nitrogens is 3. The molecule has 1 saturated carbocycles. The van der Waals surface area contributed by atoms with Crippen molar-refractivity contribution in [1.29, 1.82) is 0 Å². The number of nitrogens with zero attached hydrogens (tertiary/aromatic N) is 3. The average molecular weight is 535 g/mol. The van der Waals surface area contributed by atoms with Crippen molar-refractivity contribution in [1.82, 2.24) is 14.5 Å². The Morgan fingerprint density at radius 2 is 1.84 bits per heavy atom. The fourth-order valence-corrected chi connectivity index (χ4v) is 6.48. The van der Waals surface area contributed by atoms with E-state index in [0.29, 0.717) is 42.2 Å². The van der Waals surface area contributed by atoms with E-state index < -0.39 is 5.97 Å². The van der Waals surface area contributed by atoms with Crippen molar-refractivity contribution in [2.45, 2.75) is 83.1 Å². The molecule has 1 aliphatic heterocycles. The SMILES string of the molecule is O=C(O)CC1CCCC(=O)c2cn(C3CCCCC3)cc2NC(=O)c2csc(n2)-c2ccnc(c2)CCC1. The second-order valence-corrected chi connectivity index (χ2v) is 11.4. The molecule has 0 radical (unpaired) electrons. The number of carbonyl (C=O) groups is 3. The molecule has 1 aliphatic carbocycles. The summed E-state index contributed by atoms with van der Waals surface area (Å²) in [5.41, 5.74) is 3.19. The van der Waals surface area contributed by atoms with Crippen LogP contribution in [-0.2, 0) is 11.2 Å². The third-order valence-corrected chi connectivity index (χ3v) is 8.61. The number of carboxylic acid groups (broad SMARTS) is 1. The molecule has 1 atom stereocenters. The predicted molar refractivity (Wildman–Crippen MR) is 147 cm³/mol. The molecule has 3 aromatic rings. The summed E-state index contributed by atoms with van der Waals surface area (Å²) in [6.45, 7) is 0. The van der Waals surface area contributed by atoms with Crippen LogP contribution in [0.3, 0.4) is 0 Å². The van der Waals surface area contributed by atoms with E-state index in [-0.39, 0.29) is 24.0 Å². The van der Waals surface area contributed by atoms with Gasteiger partial charge in [-0.25, -0.2) is 4.98 Å². The molecule has 0 saturated heterocycles. The Bertz CT molecular complexity index is 1310. The lowest BCUT2D eigenvalue weighted by Gasteiger charge is -2.23. The zero-order valence-corrected chi connectivity index (χ0v) is 22.3. The topological polar surface area (TPSA) is 114 Å². The lowest BCUT2D eigenvalue weighted by atomic mass is 9.91. The summed E-state index contributed by atoms with van der Waals surface area (Å²) in [5, 5.41) is 14.9. The van der Waals surface area contributed by atoms with E-state index >= 15 is 0 Å². The van der Waals surface area contributed by atoms with Crippen LogP contribution in [0.5, 0.6) is 0 Å². The van der Waals surface area contributed by atoms with Crippen LogP contribution in [-0.4, -0.2) is 37.3 Å². The fourth-order valence-electron chi connectivity index (χ4n) is 5.68. The smallest absolute Gasteiger partial charge is 0.303 e. The maximum absolute atomic E-state index is 13.4. The highest BCUT2D eigenvalue weighted by Crippen LogP contribution is 2.33. The van der Waals surface area contributed by atoms with Gasteiger partial charge in [-0.2, -0.15) is 0 Å². The van der Waals surface area contributed by atoms with Crippen molar-refractivity contribution in [3.05, 3.63) is 53.1 Å². The Labute approximate surface area is 226 Å². The molecule has 4 bridgehead atoms. The first-order valence-corrected chi connectivity index (χ1v) is 14.5. The maximum Gasteiger partial charge on any atom is 0.303 e. The molecule has 3 aromatic heterocycles. The number of Topliss-reactive ketones (excluding diaryl/α,β-unsaturated/α-hetero) is 1. The number of ketones is 1. The first kappa shape index (κ1) is 26.3. The lowest BCUT2D eigenvalue weighted by molar-refractivity contribution is -0.138. The van der Waals surface area contributed by atoms with Crippen LogP contribution < -0.4 is 5.32 Å². The van der Waals surface area contributed by atoms with Crippen molar-refractivity contribution in [3.63, 3.8) is 0 Å². The molecule has 2 N–H and O–H groups in total. The van der Waals surface area contributed by atoms with Gasteiger partial charge in [0.25, 0.3) is 5.91 Å². The number of hydrogen-bond acceptors (Lipinski definition) is 6. The summed E-state index contributed by atoms with van der Waals surface area (Å²) in [5.74, 6) is -1.16. The number of amides is 1. The minimum Gasteiger partial charge on any atom is -0.481 e. The zero-order valence-electron chi connectivity index (χ0n) is 21.5. The van der Waals surface area contributed by atoms with E-state index in [1.807, 2.05) is 24.5 Å². The number of fused-ring (bicyclic) bond motifs is 6. The van der Waals surface area contributed by atoms with Crippen molar-refractivity contribution >= 4 is 34.7 Å². The van der Waals surface area contributed by atoms with Crippen molar-refractivity contribution in [2.24, 2.45) is 5.92 Å². The van der Waals surface area contributed by atoms with Gasteiger partial charge in [0.05, 0.1) is 11.3 Å². The number of anilines is 1. The van der Waals surface area contributed by atoms with Crippen molar-refractivity contribution in [2.75, 3.05) is 5.32 Å². The Kier molecular flexibility index (Phi) is 8.32. The average Bonchev–Trinajstić information content (AvgIpc) is 3.57. The first-order valence-electron chi connectivity index (χ1n) is 13.6. The van der Waals surface area contributed by atoms with Gasteiger partial charge in [-0.05, 0) is 63.0 Å². The molecule has 38 heavy (non-hydrogen) atoms. The Hall–Kier alpha value is -3.33. The molecule has 1 unspecified atom stereocenters. The van der Waals surface area contributed by atoms with Gasteiger partial charge in [0.2, 0.25) is 0 Å². The zero-order chi connectivity index (χ0) is 26.5. The molecule has 1 amide bonds. The number of carboxylic acids is 1. The number of nitrogens with one attached hydrogen (secondary N) is 1. The Morgan fingerprint density at radius 1 is 1.05 bits per heavy atom. The van der Waals surface area contributed by atoms with E-state index in [2.05, 4.69) is 19.9 Å². The number of rotatable bonds is 3. The number of hydrogen-bond donors (Lipinski definition) is 2. The van der Waals surface area contributed by atoms with Crippen LogP contribution in [0.4, 0.5) is 5.69 Å². The normalized spacial score (nSPS) is 19.7. The summed E-state index contributed by atoms with van der Waals surface area (Å²) in [7, 11) is 0. The Balaban J connectivity index is 1.45. The van der Waals surface area contributed by atoms with Gasteiger partial charge >= 0.3 is 5.97 Å². The van der Waals surface area contributed by atoms with Crippen LogP contribution in [0.2, 0.25) is 0 Å². The van der Waals surface area contributed by atoms with Gasteiger partial charge in [-0.3, -0.25) is 19.4 Å². The van der Waals surface area contributed by atoms with Gasteiger partial charge in [0.1, 0.15) is 10.7 Å². The van der Waals surface area contributed by atoms with Gasteiger partial charge < -0.3 is 15.0 Å². The highest BCUT2D eigenvalue weighted by molar-refractivity contribution is 7.13. The predicted octanol–water partition coefficient (Wildman–Crippen LogP) is 6.54. The van der Waals surface area contributed by atoms with E-state index in [0.717, 1.165) is 61.2 Å². The number of aryl methyl sites for hydroxylation is 1. The van der Waals surface area contributed by atoms with E-state index in [1.165, 1.54) is 17.8 Å². The third kappa shape index (κ3) is 6.38. The molecule has 8 nitrogen and oxygen atoms in total. The number of thiazole rings is 1. The summed E-state index contributed by atoms with van der Waals surface area (Å²) in [6.07, 6.45) is 15.3. The van der Waals surface area contributed by atoms with Crippen molar-refractivity contribution < 1.29 is 19.5 Å². The molecule has 5 rings (SSSR count). The maximum atomic E-state index is 13.4. The number of carbonyl (C=O) groups excluding carboxylic acids is 2. The molecule has 0 spiro atoms. The standard InChI is InChI=1S/C29H34N4O4S/c34-26-11-5-7-19(14-27(35)36)6-4-8-21-15-20(12-13-30-21)29-32-25(18-38-29)28(37)31-24-17-33(16-23(24)26)22-9-2-1-3-10-22/h12-13,15-19,22H,1-11,14H2,(H,31,37)(H,35,36). The molecule has 0 aromatic carbocycles. The molecule has 4 heterocycles. The highest BCUT2D eigenvalue weighted by atomic mass is 32.1. The van der Waals surface area contributed by atoms with Crippen LogP contribution in [0.15, 0.2) is 36.1 Å². The van der Waals surface area contributed by atoms with E-state index in [4.69, 9.17) is 0 Å². The van der Waals surface area contributed by atoms with Gasteiger partial charge in [0, 0.05) is 54.1 Å². The van der Waals surface area contributed by atoms with Crippen molar-refractivity contribution in [3.8, 4) is 10.6 Å². The second-order valence-electron chi connectivity index (χ2n) is 10.5. The quantitative estimate of drug-likeness (QED) is 0.394. The molecule has 200 valence electrons. The Morgan fingerprint density at radius 3 is 2.63 bits per heavy atom. The number of pyridine rings is 1. The summed E-state index contributed by atoms with van der Waals surface area (Å²) >= 11 is 1.40. The molecule has 2 aliphatic rings.